The minimum atomic E-state index is -2.27. The number of imidazole rings is 2. The van der Waals surface area contributed by atoms with Crippen LogP contribution in [0.4, 0.5) is 0 Å². The van der Waals surface area contributed by atoms with Gasteiger partial charge >= 0.3 is 0 Å². The standard InChI is InChI=1S/C21H25N5/c1-14-10-11-23(4)19(12-14)17-8-7-9-18(24(17)5)20-13-26-16(3)15(2)22-21(26)25(20)6/h7-13H,1-6H3/q+2/i1D3,2D3. The highest BCUT2D eigenvalue weighted by atomic mass is 15.2. The van der Waals surface area contributed by atoms with Crippen molar-refractivity contribution in [2.45, 2.75) is 20.6 Å². The molecule has 0 spiro atoms. The third-order valence-electron chi connectivity index (χ3n) is 4.95. The normalized spacial score (nSPS) is 15.8. The molecule has 4 aromatic rings. The SMILES string of the molecule is [2H]C([2H])([2H])c1cc[n+](C)c(-c2cccc(-c3cn4c(C)c(C([2H])([2H])[2H])nc4n3C)[n+]2C)c1. The first-order valence-corrected chi connectivity index (χ1v) is 8.35. The van der Waals surface area contributed by atoms with E-state index < -0.39 is 13.7 Å². The highest BCUT2D eigenvalue weighted by Crippen LogP contribution is 2.23. The largest absolute Gasteiger partial charge is 0.308 e. The number of aromatic nitrogens is 5. The van der Waals surface area contributed by atoms with Gasteiger partial charge in [0.25, 0.3) is 11.4 Å². The van der Waals surface area contributed by atoms with Crippen molar-refractivity contribution in [3.8, 4) is 22.8 Å². The Morgan fingerprint density at radius 1 is 1.08 bits per heavy atom. The Hall–Kier alpha value is -2.95. The van der Waals surface area contributed by atoms with Crippen LogP contribution in [-0.2, 0) is 21.1 Å². The summed E-state index contributed by atoms with van der Waals surface area (Å²) >= 11 is 0. The van der Waals surface area contributed by atoms with E-state index >= 15 is 0 Å². The van der Waals surface area contributed by atoms with Gasteiger partial charge < -0.3 is 4.57 Å². The van der Waals surface area contributed by atoms with Crippen molar-refractivity contribution in [2.24, 2.45) is 21.1 Å². The lowest BCUT2D eigenvalue weighted by Crippen LogP contribution is -2.40. The van der Waals surface area contributed by atoms with Crippen molar-refractivity contribution in [1.82, 2.24) is 14.0 Å². The Morgan fingerprint density at radius 3 is 2.62 bits per heavy atom. The molecule has 4 heterocycles. The van der Waals surface area contributed by atoms with Gasteiger partial charge in [0, 0.05) is 51.4 Å². The number of pyridine rings is 2. The highest BCUT2D eigenvalue weighted by Gasteiger charge is 2.25. The lowest BCUT2D eigenvalue weighted by molar-refractivity contribution is -0.685. The van der Waals surface area contributed by atoms with Gasteiger partial charge in [-0.25, -0.2) is 4.98 Å². The molecule has 0 fully saturated rings. The monoisotopic (exact) mass is 353 g/mol. The number of hydrogen-bond donors (Lipinski definition) is 0. The molecule has 0 radical (unpaired) electrons. The summed E-state index contributed by atoms with van der Waals surface area (Å²) < 4.78 is 53.9. The number of fused-ring (bicyclic) bond motifs is 1. The molecule has 0 aromatic carbocycles. The van der Waals surface area contributed by atoms with Crippen LogP contribution in [0.25, 0.3) is 28.6 Å². The van der Waals surface area contributed by atoms with Crippen LogP contribution in [0.5, 0.6) is 0 Å². The summed E-state index contributed by atoms with van der Waals surface area (Å²) in [6.07, 6.45) is 3.63. The van der Waals surface area contributed by atoms with E-state index in [9.17, 15) is 0 Å². The topological polar surface area (TPSA) is 30.0 Å². The average Bonchev–Trinajstić information content (AvgIpc) is 3.19. The van der Waals surface area contributed by atoms with Crippen LogP contribution in [0.3, 0.4) is 0 Å². The zero-order valence-corrected chi connectivity index (χ0v) is 15.3. The molecule has 5 nitrogen and oxygen atoms in total. The van der Waals surface area contributed by atoms with Gasteiger partial charge in [-0.2, -0.15) is 9.13 Å². The van der Waals surface area contributed by atoms with E-state index in [2.05, 4.69) is 4.98 Å². The molecule has 0 unspecified atom stereocenters. The van der Waals surface area contributed by atoms with Gasteiger partial charge in [-0.1, -0.05) is 0 Å². The molecule has 0 aliphatic heterocycles. The summed E-state index contributed by atoms with van der Waals surface area (Å²) in [6.45, 7) is -2.72. The fourth-order valence-corrected chi connectivity index (χ4v) is 3.37. The van der Waals surface area contributed by atoms with Crippen LogP contribution in [0.15, 0.2) is 42.7 Å². The van der Waals surface area contributed by atoms with Gasteiger partial charge in [0.15, 0.2) is 6.20 Å². The summed E-state index contributed by atoms with van der Waals surface area (Å²) in [5.41, 5.74) is 4.30. The number of nitrogens with zero attached hydrogens (tertiary/aromatic N) is 5. The maximum atomic E-state index is 7.75. The van der Waals surface area contributed by atoms with E-state index in [1.54, 1.807) is 29.7 Å². The van der Waals surface area contributed by atoms with Crippen molar-refractivity contribution in [1.29, 1.82) is 0 Å². The van der Waals surface area contributed by atoms with Crippen LogP contribution in [0.2, 0.25) is 0 Å². The fraction of sp³-hybridized carbons (Fsp3) is 0.286. The maximum Gasteiger partial charge on any atom is 0.277 e. The van der Waals surface area contributed by atoms with Crippen LogP contribution >= 0.6 is 0 Å². The zero-order chi connectivity index (χ0) is 23.6. The molecule has 26 heavy (non-hydrogen) atoms. The van der Waals surface area contributed by atoms with E-state index in [0.717, 1.165) is 22.8 Å². The quantitative estimate of drug-likeness (QED) is 0.510. The smallest absolute Gasteiger partial charge is 0.277 e. The minimum absolute atomic E-state index is 0.0984. The second-order valence-corrected chi connectivity index (χ2v) is 6.56. The Labute approximate surface area is 162 Å². The molecule has 0 N–H and O–H groups in total. The van der Waals surface area contributed by atoms with Crippen molar-refractivity contribution in [3.05, 3.63) is 59.7 Å². The third kappa shape index (κ3) is 2.35. The molecule has 0 amide bonds. The number of hydrogen-bond acceptors (Lipinski definition) is 1. The van der Waals surface area contributed by atoms with Crippen molar-refractivity contribution < 1.29 is 17.4 Å². The van der Waals surface area contributed by atoms with Crippen LogP contribution < -0.4 is 9.13 Å². The summed E-state index contributed by atoms with van der Waals surface area (Å²) in [7, 11) is 5.65. The molecule has 0 bridgehead atoms. The number of rotatable bonds is 2. The van der Waals surface area contributed by atoms with E-state index in [1.807, 2.05) is 59.2 Å². The van der Waals surface area contributed by atoms with Gasteiger partial charge in [-0.15, -0.1) is 0 Å². The zero-order valence-electron chi connectivity index (χ0n) is 21.3. The van der Waals surface area contributed by atoms with E-state index in [1.165, 1.54) is 0 Å². The van der Waals surface area contributed by atoms with E-state index in [0.29, 0.717) is 11.5 Å². The van der Waals surface area contributed by atoms with Gasteiger partial charge in [-0.3, -0.25) is 4.40 Å². The first kappa shape index (κ1) is 10.9. The summed E-state index contributed by atoms with van der Waals surface area (Å²) in [5, 5.41) is 0. The molecule has 132 valence electrons. The fourth-order valence-electron chi connectivity index (χ4n) is 3.37. The molecule has 0 aliphatic rings. The number of aryl methyl sites for hydroxylation is 5. The van der Waals surface area contributed by atoms with Gasteiger partial charge in [0.05, 0.1) is 5.69 Å². The summed E-state index contributed by atoms with van der Waals surface area (Å²) in [4.78, 5) is 4.38. The molecule has 0 aliphatic carbocycles. The molecule has 5 heteroatoms. The Bertz CT molecular complexity index is 1340. The Morgan fingerprint density at radius 2 is 1.88 bits per heavy atom. The first-order chi connectivity index (χ1) is 14.8. The lowest BCUT2D eigenvalue weighted by atomic mass is 10.1. The van der Waals surface area contributed by atoms with Crippen molar-refractivity contribution in [2.75, 3.05) is 0 Å². The lowest BCUT2D eigenvalue weighted by Gasteiger charge is -2.05. The van der Waals surface area contributed by atoms with Crippen molar-refractivity contribution >= 4 is 5.78 Å². The second kappa shape index (κ2) is 5.80. The highest BCUT2D eigenvalue weighted by molar-refractivity contribution is 5.59. The molecule has 4 rings (SSSR count). The van der Waals surface area contributed by atoms with Crippen LogP contribution in [0.1, 0.15) is 25.2 Å². The Kier molecular flexibility index (Phi) is 2.43. The first-order valence-electron chi connectivity index (χ1n) is 11.4. The summed E-state index contributed by atoms with van der Waals surface area (Å²) in [6, 6.07) is 9.12. The predicted molar refractivity (Wildman–Crippen MR) is 102 cm³/mol. The third-order valence-corrected chi connectivity index (χ3v) is 4.95. The van der Waals surface area contributed by atoms with Crippen molar-refractivity contribution in [3.63, 3.8) is 0 Å². The molecular weight excluding hydrogens is 322 g/mol. The summed E-state index contributed by atoms with van der Waals surface area (Å²) in [5.74, 6) is 0.545. The average molecular weight is 354 g/mol. The van der Waals surface area contributed by atoms with Crippen LogP contribution in [0, 0.1) is 20.6 Å². The minimum Gasteiger partial charge on any atom is -0.308 e. The van der Waals surface area contributed by atoms with Gasteiger partial charge in [0.1, 0.15) is 19.8 Å². The van der Waals surface area contributed by atoms with Gasteiger partial charge in [0.2, 0.25) is 11.5 Å². The van der Waals surface area contributed by atoms with Crippen LogP contribution in [-0.4, -0.2) is 14.0 Å². The van der Waals surface area contributed by atoms with Gasteiger partial charge in [-0.05, 0) is 32.3 Å². The second-order valence-electron chi connectivity index (χ2n) is 6.56. The maximum absolute atomic E-state index is 7.75. The molecular formula is C21H25N5+2. The molecule has 0 saturated heterocycles. The molecule has 0 atom stereocenters. The Balaban J connectivity index is 1.89. The molecule has 4 aromatic heterocycles. The predicted octanol–water partition coefficient (Wildman–Crippen LogP) is 2.58. The van der Waals surface area contributed by atoms with E-state index in [4.69, 9.17) is 8.22 Å². The molecule has 0 saturated carbocycles. The van der Waals surface area contributed by atoms with E-state index in [-0.39, 0.29) is 11.3 Å².